The molecule has 0 radical (unpaired) electrons. The number of carbonyl (C=O) groups excluding carboxylic acids is 1. The number of carbonyl (C=O) groups is 2. The number of anilines is 1. The Kier molecular flexibility index (Phi) is 4.99. The number of guanidine groups is 1. The molecule has 9 heteroatoms. The van der Waals surface area contributed by atoms with Crippen molar-refractivity contribution in [2.75, 3.05) is 4.90 Å². The van der Waals surface area contributed by atoms with Crippen molar-refractivity contribution in [3.63, 3.8) is 0 Å². The molecule has 26 heavy (non-hydrogen) atoms. The Bertz CT molecular complexity index is 895. The first-order valence-electron chi connectivity index (χ1n) is 7.82. The molecule has 2 N–H and O–H groups in total. The van der Waals surface area contributed by atoms with E-state index < -0.39 is 17.9 Å². The number of halogens is 1. The maximum absolute atomic E-state index is 12.0. The van der Waals surface area contributed by atoms with Crippen LogP contribution in [0.2, 0.25) is 0 Å². The molecule has 1 aromatic carbocycles. The molecule has 1 aliphatic rings. The summed E-state index contributed by atoms with van der Waals surface area (Å²) in [4.78, 5) is 38.1. The minimum absolute atomic E-state index is 0.0746. The second-order valence-corrected chi connectivity index (χ2v) is 6.67. The Morgan fingerprint density at radius 1 is 1.31 bits per heavy atom. The van der Waals surface area contributed by atoms with Crippen LogP contribution in [0.5, 0.6) is 0 Å². The van der Waals surface area contributed by atoms with Crippen LogP contribution in [0.1, 0.15) is 17.8 Å². The molecule has 3 rings (SSSR count). The zero-order valence-corrected chi connectivity index (χ0v) is 15.7. The highest BCUT2D eigenvalue weighted by Gasteiger charge is 2.38. The van der Waals surface area contributed by atoms with Gasteiger partial charge in [0.25, 0.3) is 5.95 Å². The molecule has 2 aromatic rings. The number of hydrogen-bond donors (Lipinski definition) is 2. The van der Waals surface area contributed by atoms with Gasteiger partial charge in [-0.1, -0.05) is 12.1 Å². The Labute approximate surface area is 158 Å². The summed E-state index contributed by atoms with van der Waals surface area (Å²) >= 11 is 3.43. The van der Waals surface area contributed by atoms with Crippen molar-refractivity contribution in [3.8, 4) is 0 Å². The normalized spacial score (nSPS) is 18.7. The number of hydrogen-bond acceptors (Lipinski definition) is 5. The van der Waals surface area contributed by atoms with Crippen LogP contribution in [-0.4, -0.2) is 39.0 Å². The number of rotatable bonds is 3. The van der Waals surface area contributed by atoms with E-state index in [9.17, 15) is 14.7 Å². The summed E-state index contributed by atoms with van der Waals surface area (Å²) in [6.45, 7) is 3.62. The van der Waals surface area contributed by atoms with Crippen LogP contribution >= 0.6 is 15.9 Å². The molecule has 1 fully saturated rings. The standard InChI is InChI=1S/C17H16BrN5O3/c1-9-7-10(2)20-16(19-9)22-17-21-14(24)8-13(15(25)26)23(17)12-6-4-3-5-11(12)18/h3-7,13H,8H2,1-2H3,(H,25,26)(H,19,20,21,22,24). The first-order chi connectivity index (χ1) is 12.3. The van der Waals surface area contributed by atoms with Gasteiger partial charge in [0.05, 0.1) is 12.1 Å². The fourth-order valence-electron chi connectivity index (χ4n) is 2.71. The number of para-hydroxylation sites is 1. The van der Waals surface area contributed by atoms with Gasteiger partial charge in [0.2, 0.25) is 11.9 Å². The van der Waals surface area contributed by atoms with Crippen molar-refractivity contribution >= 4 is 45.4 Å². The van der Waals surface area contributed by atoms with Gasteiger partial charge >= 0.3 is 5.97 Å². The van der Waals surface area contributed by atoms with Gasteiger partial charge in [0.15, 0.2) is 0 Å². The van der Waals surface area contributed by atoms with Crippen molar-refractivity contribution in [1.29, 1.82) is 0 Å². The van der Waals surface area contributed by atoms with Crippen molar-refractivity contribution in [1.82, 2.24) is 15.3 Å². The summed E-state index contributed by atoms with van der Waals surface area (Å²) in [5.74, 6) is -1.32. The molecule has 134 valence electrons. The van der Waals surface area contributed by atoms with Gasteiger partial charge in [0.1, 0.15) is 6.04 Å². The number of aryl methyl sites for hydroxylation is 2. The van der Waals surface area contributed by atoms with E-state index >= 15 is 0 Å². The largest absolute Gasteiger partial charge is 0.480 e. The van der Waals surface area contributed by atoms with Crippen LogP contribution in [-0.2, 0) is 9.59 Å². The average Bonchev–Trinajstić information content (AvgIpc) is 2.54. The SMILES string of the molecule is Cc1cc(C)nc(N=C2NC(=O)CC(C(=O)O)N2c2ccccc2Br)n1. The number of nitrogens with one attached hydrogen (secondary N) is 1. The van der Waals surface area contributed by atoms with Gasteiger partial charge in [0, 0.05) is 15.9 Å². The first kappa shape index (κ1) is 18.0. The molecule has 1 aromatic heterocycles. The topological polar surface area (TPSA) is 108 Å². The Morgan fingerprint density at radius 3 is 2.58 bits per heavy atom. The zero-order chi connectivity index (χ0) is 18.8. The molecule has 0 aliphatic carbocycles. The van der Waals surface area contributed by atoms with Gasteiger partial charge in [-0.05, 0) is 48.0 Å². The van der Waals surface area contributed by atoms with Crippen molar-refractivity contribution < 1.29 is 14.7 Å². The lowest BCUT2D eigenvalue weighted by molar-refractivity contribution is -0.140. The lowest BCUT2D eigenvalue weighted by Crippen LogP contribution is -2.58. The molecular weight excluding hydrogens is 402 g/mol. The second-order valence-electron chi connectivity index (χ2n) is 5.81. The maximum Gasteiger partial charge on any atom is 0.327 e. The van der Waals surface area contributed by atoms with Crippen LogP contribution in [0.15, 0.2) is 39.8 Å². The van der Waals surface area contributed by atoms with E-state index in [2.05, 4.69) is 36.2 Å². The van der Waals surface area contributed by atoms with Gasteiger partial charge in [-0.25, -0.2) is 14.8 Å². The predicted octanol–water partition coefficient (Wildman–Crippen LogP) is 2.32. The van der Waals surface area contributed by atoms with E-state index in [-0.39, 0.29) is 18.3 Å². The quantitative estimate of drug-likeness (QED) is 0.792. The number of carboxylic acid groups (broad SMARTS) is 1. The third-order valence-electron chi connectivity index (χ3n) is 3.74. The van der Waals surface area contributed by atoms with Crippen LogP contribution in [0, 0.1) is 13.8 Å². The van der Waals surface area contributed by atoms with Crippen molar-refractivity contribution in [2.24, 2.45) is 4.99 Å². The lowest BCUT2D eigenvalue weighted by atomic mass is 10.1. The van der Waals surface area contributed by atoms with Crippen LogP contribution in [0.4, 0.5) is 11.6 Å². The molecule has 2 heterocycles. The van der Waals surface area contributed by atoms with Gasteiger partial charge in [-0.15, -0.1) is 0 Å². The molecule has 0 bridgehead atoms. The fourth-order valence-corrected chi connectivity index (χ4v) is 3.19. The van der Waals surface area contributed by atoms with Crippen molar-refractivity contribution in [3.05, 3.63) is 46.2 Å². The highest BCUT2D eigenvalue weighted by molar-refractivity contribution is 9.10. The number of carboxylic acids is 1. The van der Waals surface area contributed by atoms with E-state index in [1.54, 1.807) is 24.3 Å². The smallest absolute Gasteiger partial charge is 0.327 e. The molecule has 1 unspecified atom stereocenters. The molecular formula is C17H16BrN5O3. The summed E-state index contributed by atoms with van der Waals surface area (Å²) < 4.78 is 0.677. The number of aromatic nitrogens is 2. The molecule has 1 amide bonds. The van der Waals surface area contributed by atoms with Crippen molar-refractivity contribution in [2.45, 2.75) is 26.3 Å². The maximum atomic E-state index is 12.0. The fraction of sp³-hybridized carbons (Fsp3) is 0.235. The molecule has 0 saturated carbocycles. The summed E-state index contributed by atoms with van der Waals surface area (Å²) in [6.07, 6.45) is -0.191. The summed E-state index contributed by atoms with van der Waals surface area (Å²) in [6, 6.07) is 7.84. The average molecular weight is 418 g/mol. The Hall–Kier alpha value is -2.81. The number of amides is 1. The Morgan fingerprint density at radius 2 is 1.96 bits per heavy atom. The highest BCUT2D eigenvalue weighted by Crippen LogP contribution is 2.30. The van der Waals surface area contributed by atoms with E-state index in [0.717, 1.165) is 11.4 Å². The lowest BCUT2D eigenvalue weighted by Gasteiger charge is -2.35. The van der Waals surface area contributed by atoms with Gasteiger partial charge < -0.3 is 5.11 Å². The minimum Gasteiger partial charge on any atom is -0.480 e. The Balaban J connectivity index is 2.15. The molecule has 0 spiro atoms. The van der Waals surface area contributed by atoms with E-state index in [1.807, 2.05) is 19.9 Å². The third-order valence-corrected chi connectivity index (χ3v) is 4.41. The first-order valence-corrected chi connectivity index (χ1v) is 8.62. The molecule has 8 nitrogen and oxygen atoms in total. The van der Waals surface area contributed by atoms with Gasteiger partial charge in [-0.3, -0.25) is 15.0 Å². The van der Waals surface area contributed by atoms with E-state index in [1.165, 1.54) is 4.90 Å². The third kappa shape index (κ3) is 3.72. The monoisotopic (exact) mass is 417 g/mol. The number of benzene rings is 1. The van der Waals surface area contributed by atoms with E-state index in [0.29, 0.717) is 10.2 Å². The van der Waals surface area contributed by atoms with Crippen LogP contribution < -0.4 is 10.2 Å². The number of aliphatic imine (C=N–C) groups is 1. The second kappa shape index (κ2) is 7.20. The molecule has 1 aliphatic heterocycles. The summed E-state index contributed by atoms with van der Waals surface area (Å²) in [5, 5.41) is 12.3. The molecule has 1 atom stereocenters. The predicted molar refractivity (Wildman–Crippen MR) is 99.4 cm³/mol. The number of nitrogens with zero attached hydrogens (tertiary/aromatic N) is 4. The summed E-state index contributed by atoms with van der Waals surface area (Å²) in [5.41, 5.74) is 2.02. The van der Waals surface area contributed by atoms with Crippen LogP contribution in [0.3, 0.4) is 0 Å². The number of aliphatic carboxylic acids is 1. The van der Waals surface area contributed by atoms with Crippen LogP contribution in [0.25, 0.3) is 0 Å². The summed E-state index contributed by atoms with van der Waals surface area (Å²) in [7, 11) is 0. The van der Waals surface area contributed by atoms with E-state index in [4.69, 9.17) is 0 Å². The molecule has 1 saturated heterocycles. The van der Waals surface area contributed by atoms with Gasteiger partial charge in [-0.2, -0.15) is 4.99 Å². The highest BCUT2D eigenvalue weighted by atomic mass is 79.9. The zero-order valence-electron chi connectivity index (χ0n) is 14.1. The minimum atomic E-state index is -1.12.